The highest BCUT2D eigenvalue weighted by Crippen LogP contribution is 2.32. The van der Waals surface area contributed by atoms with Gasteiger partial charge in [-0.2, -0.15) is 0 Å². The third-order valence-electron chi connectivity index (χ3n) is 1.32. The maximum Gasteiger partial charge on any atom is 0.280 e. The van der Waals surface area contributed by atoms with Crippen molar-refractivity contribution < 1.29 is 0 Å². The topological polar surface area (TPSA) is 37.1 Å². The van der Waals surface area contributed by atoms with Gasteiger partial charge in [-0.25, -0.2) is 4.99 Å². The van der Waals surface area contributed by atoms with Crippen molar-refractivity contribution in [3.8, 4) is 0 Å². The number of thioether (sulfide) groups is 1. The van der Waals surface area contributed by atoms with Crippen LogP contribution < -0.4 is 0 Å². The van der Waals surface area contributed by atoms with Crippen LogP contribution in [0.5, 0.6) is 0 Å². The molecule has 0 aliphatic carbocycles. The van der Waals surface area contributed by atoms with Crippen molar-refractivity contribution in [2.75, 3.05) is 0 Å². The van der Waals surface area contributed by atoms with Gasteiger partial charge in [0.15, 0.2) is 0 Å². The van der Waals surface area contributed by atoms with Gasteiger partial charge < -0.3 is 0 Å². The fourth-order valence-corrected chi connectivity index (χ4v) is 1.51. The lowest BCUT2D eigenvalue weighted by atomic mass is 10.4. The summed E-state index contributed by atoms with van der Waals surface area (Å²) < 4.78 is 0. The van der Waals surface area contributed by atoms with Gasteiger partial charge in [-0.05, 0) is 12.1 Å². The van der Waals surface area contributed by atoms with Crippen molar-refractivity contribution in [1.29, 1.82) is 0 Å². The minimum atomic E-state index is 0.696. The van der Waals surface area contributed by atoms with Gasteiger partial charge in [0.05, 0.1) is 0 Å². The van der Waals surface area contributed by atoms with E-state index in [9.17, 15) is 0 Å². The highest BCUT2D eigenvalue weighted by Gasteiger charge is 2.10. The van der Waals surface area contributed by atoms with Crippen LogP contribution >= 0.6 is 11.8 Å². The number of rotatable bonds is 2. The highest BCUT2D eigenvalue weighted by molar-refractivity contribution is 8.02. The molecule has 1 aliphatic heterocycles. The number of hydrogen-bond donors (Lipinski definition) is 0. The van der Waals surface area contributed by atoms with Crippen molar-refractivity contribution in [3.05, 3.63) is 35.8 Å². The number of nitrogens with zero attached hydrogens (tertiary/aromatic N) is 3. The molecule has 59 valence electrons. The predicted octanol–water partition coefficient (Wildman–Crippen LogP) is 2.72. The molecule has 1 radical (unpaired) electrons. The number of benzene rings is 1. The van der Waals surface area contributed by atoms with Gasteiger partial charge in [-0.3, -0.25) is 0 Å². The largest absolute Gasteiger partial charge is 0.280 e. The molecule has 4 heteroatoms. The number of aliphatic imine (C=N–C) groups is 1. The molecule has 0 saturated heterocycles. The molecule has 0 aromatic heterocycles. The summed E-state index contributed by atoms with van der Waals surface area (Å²) in [5, 5.41) is 7.45. The molecule has 12 heavy (non-hydrogen) atoms. The van der Waals surface area contributed by atoms with E-state index >= 15 is 0 Å². The first-order valence-electron chi connectivity index (χ1n) is 3.48. The van der Waals surface area contributed by atoms with Crippen molar-refractivity contribution in [2.24, 2.45) is 15.2 Å². The van der Waals surface area contributed by atoms with E-state index in [-0.39, 0.29) is 0 Å². The third-order valence-corrected chi connectivity index (χ3v) is 2.19. The molecule has 0 amide bonds. The maximum absolute atomic E-state index is 3.95. The van der Waals surface area contributed by atoms with E-state index in [1.54, 1.807) is 0 Å². The Morgan fingerprint density at radius 2 is 1.92 bits per heavy atom. The fourth-order valence-electron chi connectivity index (χ4n) is 0.817. The van der Waals surface area contributed by atoms with Crippen LogP contribution in [0.3, 0.4) is 0 Å². The maximum atomic E-state index is 3.95. The lowest BCUT2D eigenvalue weighted by molar-refractivity contribution is 1.15. The van der Waals surface area contributed by atoms with E-state index in [1.165, 1.54) is 18.1 Å². The van der Waals surface area contributed by atoms with Crippen LogP contribution in [0.2, 0.25) is 0 Å². The Hall–Kier alpha value is -1.16. The first-order valence-corrected chi connectivity index (χ1v) is 4.30. The fraction of sp³-hybridized carbons (Fsp3) is 0. The van der Waals surface area contributed by atoms with Crippen LogP contribution in [-0.2, 0) is 0 Å². The molecule has 1 aromatic carbocycles. The molecule has 0 unspecified atom stereocenters. The van der Waals surface area contributed by atoms with Gasteiger partial charge in [0, 0.05) is 4.90 Å². The van der Waals surface area contributed by atoms with Crippen molar-refractivity contribution >= 4 is 18.1 Å². The Morgan fingerprint density at radius 1 is 1.08 bits per heavy atom. The summed E-state index contributed by atoms with van der Waals surface area (Å²) in [6.45, 7) is 0. The molecular formula is C8H6N3S. The number of azo groups is 1. The van der Waals surface area contributed by atoms with Gasteiger partial charge in [0.1, 0.15) is 6.34 Å². The third kappa shape index (κ3) is 1.71. The minimum absolute atomic E-state index is 0.696. The Balaban J connectivity index is 2.04. The number of hydrogen-bond acceptors (Lipinski definition) is 4. The predicted molar refractivity (Wildman–Crippen MR) is 48.9 cm³/mol. The molecule has 3 nitrogen and oxygen atoms in total. The highest BCUT2D eigenvalue weighted by atomic mass is 32.2. The van der Waals surface area contributed by atoms with Crippen LogP contribution in [0.15, 0.2) is 50.4 Å². The molecule has 1 heterocycles. The summed E-state index contributed by atoms with van der Waals surface area (Å²) in [6.07, 6.45) is 1.45. The normalized spacial score (nSPS) is 15.7. The van der Waals surface area contributed by atoms with E-state index in [4.69, 9.17) is 0 Å². The summed E-state index contributed by atoms with van der Waals surface area (Å²) in [4.78, 5) is 5.08. The van der Waals surface area contributed by atoms with Gasteiger partial charge in [0.2, 0.25) is 0 Å². The summed E-state index contributed by atoms with van der Waals surface area (Å²) in [7, 11) is 0. The Kier molecular flexibility index (Phi) is 2.18. The minimum Gasteiger partial charge on any atom is -0.224 e. The molecule has 1 aliphatic rings. The summed E-state index contributed by atoms with van der Waals surface area (Å²) in [5.74, 6) is 0. The second kappa shape index (κ2) is 3.49. The van der Waals surface area contributed by atoms with E-state index < -0.39 is 0 Å². The van der Waals surface area contributed by atoms with Crippen molar-refractivity contribution in [3.63, 3.8) is 0 Å². The Morgan fingerprint density at radius 3 is 2.58 bits per heavy atom. The molecule has 0 bridgehead atoms. The molecule has 2 rings (SSSR count). The average molecular weight is 176 g/mol. The lowest BCUT2D eigenvalue weighted by Crippen LogP contribution is -1.77. The molecular weight excluding hydrogens is 170 g/mol. The molecule has 0 saturated carbocycles. The summed E-state index contributed by atoms with van der Waals surface area (Å²) in [6, 6.07) is 9.98. The SMILES string of the molecule is C1=N[C](Sc2ccccc2)N=N1. The molecule has 0 atom stereocenters. The van der Waals surface area contributed by atoms with Gasteiger partial charge in [-0.15, -0.1) is 10.2 Å². The smallest absolute Gasteiger partial charge is 0.224 e. The van der Waals surface area contributed by atoms with Crippen LogP contribution in [0, 0.1) is 5.50 Å². The quantitative estimate of drug-likeness (QED) is 0.682. The zero-order valence-electron chi connectivity index (χ0n) is 6.21. The van der Waals surface area contributed by atoms with Gasteiger partial charge in [-0.1, -0.05) is 30.0 Å². The van der Waals surface area contributed by atoms with Crippen LogP contribution in [0.4, 0.5) is 0 Å². The first-order chi connectivity index (χ1) is 5.95. The monoisotopic (exact) mass is 176 g/mol. The van der Waals surface area contributed by atoms with E-state index in [2.05, 4.69) is 15.2 Å². The summed E-state index contributed by atoms with van der Waals surface area (Å²) >= 11 is 1.51. The zero-order valence-corrected chi connectivity index (χ0v) is 7.03. The second-order valence-electron chi connectivity index (χ2n) is 2.16. The van der Waals surface area contributed by atoms with E-state index in [0.29, 0.717) is 5.50 Å². The molecule has 1 aromatic rings. The second-order valence-corrected chi connectivity index (χ2v) is 3.20. The van der Waals surface area contributed by atoms with E-state index in [1.807, 2.05) is 30.3 Å². The van der Waals surface area contributed by atoms with Crippen LogP contribution in [-0.4, -0.2) is 6.34 Å². The molecule has 0 fully saturated rings. The van der Waals surface area contributed by atoms with Crippen molar-refractivity contribution in [2.45, 2.75) is 4.90 Å². The average Bonchev–Trinajstić information content (AvgIpc) is 2.59. The Labute approximate surface area is 74.6 Å². The first kappa shape index (κ1) is 7.49. The Bertz CT molecular complexity index is 295. The van der Waals surface area contributed by atoms with Crippen LogP contribution in [0.25, 0.3) is 0 Å². The van der Waals surface area contributed by atoms with Gasteiger partial charge in [0.25, 0.3) is 5.50 Å². The lowest BCUT2D eigenvalue weighted by Gasteiger charge is -1.98. The van der Waals surface area contributed by atoms with Crippen LogP contribution in [0.1, 0.15) is 0 Å². The molecule has 0 N–H and O–H groups in total. The van der Waals surface area contributed by atoms with Gasteiger partial charge >= 0.3 is 0 Å². The summed E-state index contributed by atoms with van der Waals surface area (Å²) in [5.41, 5.74) is 0.696. The van der Waals surface area contributed by atoms with E-state index in [0.717, 1.165) is 4.90 Å². The molecule has 0 spiro atoms. The standard InChI is InChI=1S/C8H6N3S/c1-2-4-7(5-3-1)12-8-9-6-10-11-8/h1-6H. The zero-order chi connectivity index (χ0) is 8.23. The van der Waals surface area contributed by atoms with Crippen molar-refractivity contribution in [1.82, 2.24) is 0 Å².